The van der Waals surface area contributed by atoms with E-state index in [1.54, 1.807) is 48.8 Å². The average molecular weight is 352 g/mol. The predicted octanol–water partition coefficient (Wildman–Crippen LogP) is 3.84. The van der Waals surface area contributed by atoms with Gasteiger partial charge in [0.05, 0.1) is 12.2 Å². The molecule has 0 radical (unpaired) electrons. The fraction of sp³-hybridized carbons (Fsp3) is 0.238. The van der Waals surface area contributed by atoms with E-state index in [-0.39, 0.29) is 11.7 Å². The van der Waals surface area contributed by atoms with Gasteiger partial charge in [0.25, 0.3) is 0 Å². The van der Waals surface area contributed by atoms with Crippen molar-refractivity contribution >= 4 is 5.91 Å². The van der Waals surface area contributed by atoms with E-state index >= 15 is 0 Å². The lowest BCUT2D eigenvalue weighted by molar-refractivity contribution is -0.131. The standard InChI is InChI=1S/C21H21FN2O2/c1-24(13-10-16-8-11-23-12-9-16)21(25)20(15-19-3-2-14-26-19)17-4-6-18(22)7-5-17/h2-9,11-12,14,20H,10,13,15H2,1H3. The van der Waals surface area contributed by atoms with E-state index < -0.39 is 5.92 Å². The van der Waals surface area contributed by atoms with E-state index in [4.69, 9.17) is 4.42 Å². The van der Waals surface area contributed by atoms with Gasteiger partial charge in [-0.2, -0.15) is 0 Å². The predicted molar refractivity (Wildman–Crippen MR) is 97.1 cm³/mol. The van der Waals surface area contributed by atoms with Crippen molar-refractivity contribution in [2.45, 2.75) is 18.8 Å². The topological polar surface area (TPSA) is 46.3 Å². The number of pyridine rings is 1. The van der Waals surface area contributed by atoms with Crippen LogP contribution in [0.5, 0.6) is 0 Å². The first kappa shape index (κ1) is 17.9. The summed E-state index contributed by atoms with van der Waals surface area (Å²) in [5.41, 5.74) is 1.91. The molecule has 0 aliphatic rings. The summed E-state index contributed by atoms with van der Waals surface area (Å²) >= 11 is 0. The summed E-state index contributed by atoms with van der Waals surface area (Å²) in [5, 5.41) is 0. The Hall–Kier alpha value is -2.95. The summed E-state index contributed by atoms with van der Waals surface area (Å²) in [6.07, 6.45) is 6.28. The van der Waals surface area contributed by atoms with E-state index in [0.717, 1.165) is 23.3 Å². The number of aromatic nitrogens is 1. The number of amides is 1. The minimum absolute atomic E-state index is 0.0120. The first-order valence-corrected chi connectivity index (χ1v) is 8.55. The Morgan fingerprint density at radius 3 is 2.54 bits per heavy atom. The van der Waals surface area contributed by atoms with Crippen molar-refractivity contribution in [3.8, 4) is 0 Å². The molecule has 3 rings (SSSR count). The Morgan fingerprint density at radius 2 is 1.88 bits per heavy atom. The normalized spacial score (nSPS) is 11.9. The van der Waals surface area contributed by atoms with Gasteiger partial charge in [-0.3, -0.25) is 9.78 Å². The van der Waals surface area contributed by atoms with Crippen molar-refractivity contribution in [1.82, 2.24) is 9.88 Å². The van der Waals surface area contributed by atoms with Crippen LogP contribution in [-0.2, 0) is 17.6 Å². The number of carbonyl (C=O) groups is 1. The number of nitrogens with zero attached hydrogens (tertiary/aromatic N) is 2. The molecule has 0 aliphatic heterocycles. The number of likely N-dealkylation sites (N-methyl/N-ethyl adjacent to an activating group) is 1. The van der Waals surface area contributed by atoms with Crippen LogP contribution in [0, 0.1) is 5.82 Å². The van der Waals surface area contributed by atoms with Crippen molar-refractivity contribution in [2.24, 2.45) is 0 Å². The molecule has 0 saturated heterocycles. The molecule has 3 aromatic rings. The molecule has 0 bridgehead atoms. The van der Waals surface area contributed by atoms with Crippen LogP contribution in [0.25, 0.3) is 0 Å². The van der Waals surface area contributed by atoms with Crippen LogP contribution in [0.4, 0.5) is 4.39 Å². The molecule has 1 aromatic carbocycles. The van der Waals surface area contributed by atoms with Gasteiger partial charge in [0.1, 0.15) is 11.6 Å². The number of hydrogen-bond acceptors (Lipinski definition) is 3. The highest BCUT2D eigenvalue weighted by Gasteiger charge is 2.25. The molecular weight excluding hydrogens is 331 g/mol. The van der Waals surface area contributed by atoms with Crippen LogP contribution < -0.4 is 0 Å². The summed E-state index contributed by atoms with van der Waals surface area (Å²) in [5.74, 6) is -0.00884. The molecule has 0 N–H and O–H groups in total. The van der Waals surface area contributed by atoms with Crippen LogP contribution in [0.15, 0.2) is 71.6 Å². The summed E-state index contributed by atoms with van der Waals surface area (Å²) in [4.78, 5) is 18.8. The SMILES string of the molecule is CN(CCc1ccncc1)C(=O)C(Cc1ccco1)c1ccc(F)cc1. The molecule has 1 unspecified atom stereocenters. The van der Waals surface area contributed by atoms with Crippen LogP contribution in [0.3, 0.4) is 0 Å². The molecule has 134 valence electrons. The first-order chi connectivity index (χ1) is 12.6. The Balaban J connectivity index is 1.74. The van der Waals surface area contributed by atoms with Gasteiger partial charge in [0.2, 0.25) is 5.91 Å². The molecule has 0 fully saturated rings. The minimum atomic E-state index is -0.413. The number of halogens is 1. The van der Waals surface area contributed by atoms with Crippen molar-refractivity contribution in [3.05, 3.63) is 89.9 Å². The van der Waals surface area contributed by atoms with Crippen LogP contribution in [0.2, 0.25) is 0 Å². The Kier molecular flexibility index (Phi) is 5.79. The quantitative estimate of drug-likeness (QED) is 0.649. The Labute approximate surface area is 152 Å². The van der Waals surface area contributed by atoms with Crippen molar-refractivity contribution < 1.29 is 13.6 Å². The fourth-order valence-corrected chi connectivity index (χ4v) is 2.90. The highest BCUT2D eigenvalue weighted by molar-refractivity contribution is 5.83. The van der Waals surface area contributed by atoms with Gasteiger partial charge in [0, 0.05) is 32.4 Å². The van der Waals surface area contributed by atoms with Crippen molar-refractivity contribution in [1.29, 1.82) is 0 Å². The molecule has 5 heteroatoms. The van der Waals surface area contributed by atoms with Gasteiger partial charge in [-0.05, 0) is 53.9 Å². The van der Waals surface area contributed by atoms with E-state index in [9.17, 15) is 9.18 Å². The summed E-state index contributed by atoms with van der Waals surface area (Å²) < 4.78 is 18.7. The smallest absolute Gasteiger partial charge is 0.230 e. The highest BCUT2D eigenvalue weighted by atomic mass is 19.1. The van der Waals surface area contributed by atoms with Crippen molar-refractivity contribution in [2.75, 3.05) is 13.6 Å². The molecule has 2 aromatic heterocycles. The molecule has 2 heterocycles. The lowest BCUT2D eigenvalue weighted by atomic mass is 9.93. The van der Waals surface area contributed by atoms with Gasteiger partial charge >= 0.3 is 0 Å². The second-order valence-corrected chi connectivity index (χ2v) is 6.25. The largest absolute Gasteiger partial charge is 0.469 e. The van der Waals surface area contributed by atoms with E-state index in [0.29, 0.717) is 13.0 Å². The third-order valence-electron chi connectivity index (χ3n) is 4.42. The summed E-state index contributed by atoms with van der Waals surface area (Å²) in [7, 11) is 1.79. The number of furan rings is 1. The number of benzene rings is 1. The molecular formula is C21H21FN2O2. The van der Waals surface area contributed by atoms with E-state index in [1.807, 2.05) is 18.2 Å². The first-order valence-electron chi connectivity index (χ1n) is 8.55. The molecule has 0 spiro atoms. The Bertz CT molecular complexity index is 817. The van der Waals surface area contributed by atoms with Crippen LogP contribution in [-0.4, -0.2) is 29.4 Å². The van der Waals surface area contributed by atoms with Gasteiger partial charge in [-0.15, -0.1) is 0 Å². The van der Waals surface area contributed by atoms with Gasteiger partial charge in [-0.1, -0.05) is 12.1 Å². The average Bonchev–Trinajstić information content (AvgIpc) is 3.18. The highest BCUT2D eigenvalue weighted by Crippen LogP contribution is 2.24. The van der Waals surface area contributed by atoms with Gasteiger partial charge < -0.3 is 9.32 Å². The number of rotatable bonds is 7. The Morgan fingerprint density at radius 1 is 1.15 bits per heavy atom. The lowest BCUT2D eigenvalue weighted by Crippen LogP contribution is -2.34. The molecule has 0 saturated carbocycles. The summed E-state index contributed by atoms with van der Waals surface area (Å²) in [6.45, 7) is 0.596. The zero-order valence-electron chi connectivity index (χ0n) is 14.6. The molecule has 4 nitrogen and oxygen atoms in total. The van der Waals surface area contributed by atoms with E-state index in [1.165, 1.54) is 12.1 Å². The fourth-order valence-electron chi connectivity index (χ4n) is 2.90. The van der Waals surface area contributed by atoms with Crippen LogP contribution in [0.1, 0.15) is 22.8 Å². The number of carbonyl (C=O) groups excluding carboxylic acids is 1. The lowest BCUT2D eigenvalue weighted by Gasteiger charge is -2.24. The molecule has 1 atom stereocenters. The molecule has 26 heavy (non-hydrogen) atoms. The van der Waals surface area contributed by atoms with Crippen molar-refractivity contribution in [3.63, 3.8) is 0 Å². The second kappa shape index (κ2) is 8.43. The third kappa shape index (κ3) is 4.57. The van der Waals surface area contributed by atoms with E-state index in [2.05, 4.69) is 4.98 Å². The zero-order chi connectivity index (χ0) is 18.4. The maximum absolute atomic E-state index is 13.3. The molecule has 0 aliphatic carbocycles. The number of hydrogen-bond donors (Lipinski definition) is 0. The third-order valence-corrected chi connectivity index (χ3v) is 4.42. The van der Waals surface area contributed by atoms with Gasteiger partial charge in [0.15, 0.2) is 0 Å². The minimum Gasteiger partial charge on any atom is -0.469 e. The maximum Gasteiger partial charge on any atom is 0.230 e. The summed E-state index contributed by atoms with van der Waals surface area (Å²) in [6, 6.07) is 13.6. The monoisotopic (exact) mass is 352 g/mol. The molecule has 1 amide bonds. The maximum atomic E-state index is 13.3. The zero-order valence-corrected chi connectivity index (χ0v) is 14.6. The second-order valence-electron chi connectivity index (χ2n) is 6.25. The van der Waals surface area contributed by atoms with Crippen LogP contribution >= 0.6 is 0 Å². The van der Waals surface area contributed by atoms with Gasteiger partial charge in [-0.25, -0.2) is 4.39 Å².